The molecule has 1 saturated heterocycles. The standard InChI is InChI=1S/C28H29F3N2O4S/c1-19(20-4-6-21(7-5-20)25-13-12-24(30)18-26(25)31)33-17-15-28(37-27(33)34,14-3-16-32-38(2,35)36)22-8-10-23(29)11-9-22/h4-13,18-19,32H,3,14-17H2,1-2H3/t19?,28-/m1/s1. The van der Waals surface area contributed by atoms with Crippen molar-refractivity contribution in [3.8, 4) is 11.1 Å². The molecule has 0 aromatic heterocycles. The molecule has 0 radical (unpaired) electrons. The van der Waals surface area contributed by atoms with Crippen LogP contribution in [0.4, 0.5) is 18.0 Å². The number of amides is 1. The van der Waals surface area contributed by atoms with Crippen LogP contribution in [0.5, 0.6) is 0 Å². The first-order valence-corrected chi connectivity index (χ1v) is 14.1. The lowest BCUT2D eigenvalue weighted by Gasteiger charge is -2.43. The zero-order chi connectivity index (χ0) is 27.5. The summed E-state index contributed by atoms with van der Waals surface area (Å²) in [7, 11) is -3.36. The van der Waals surface area contributed by atoms with Gasteiger partial charge in [0.1, 0.15) is 23.1 Å². The molecule has 1 unspecified atom stereocenters. The van der Waals surface area contributed by atoms with Gasteiger partial charge < -0.3 is 9.64 Å². The first-order chi connectivity index (χ1) is 18.0. The summed E-state index contributed by atoms with van der Waals surface area (Å²) in [6, 6.07) is 15.8. The van der Waals surface area contributed by atoms with E-state index in [-0.39, 0.29) is 18.2 Å². The number of sulfonamides is 1. The molecule has 1 heterocycles. The van der Waals surface area contributed by atoms with E-state index < -0.39 is 39.2 Å². The predicted molar refractivity (Wildman–Crippen MR) is 138 cm³/mol. The molecule has 4 rings (SSSR count). The highest BCUT2D eigenvalue weighted by Crippen LogP contribution is 2.40. The van der Waals surface area contributed by atoms with Crippen LogP contribution in [0.1, 0.15) is 43.4 Å². The van der Waals surface area contributed by atoms with Gasteiger partial charge in [0, 0.05) is 31.1 Å². The van der Waals surface area contributed by atoms with Crippen LogP contribution >= 0.6 is 0 Å². The molecule has 1 fully saturated rings. The van der Waals surface area contributed by atoms with Gasteiger partial charge in [0.05, 0.1) is 12.3 Å². The van der Waals surface area contributed by atoms with Crippen molar-refractivity contribution >= 4 is 16.1 Å². The highest BCUT2D eigenvalue weighted by molar-refractivity contribution is 7.88. The Hall–Kier alpha value is -3.37. The fourth-order valence-electron chi connectivity index (χ4n) is 4.77. The molecule has 0 saturated carbocycles. The van der Waals surface area contributed by atoms with Gasteiger partial charge in [-0.3, -0.25) is 0 Å². The molecule has 0 bridgehead atoms. The number of cyclic esters (lactones) is 1. The van der Waals surface area contributed by atoms with E-state index in [1.807, 2.05) is 6.92 Å². The van der Waals surface area contributed by atoms with E-state index in [1.54, 1.807) is 41.3 Å². The van der Waals surface area contributed by atoms with Crippen molar-refractivity contribution in [1.82, 2.24) is 9.62 Å². The number of hydrogen-bond donors (Lipinski definition) is 1. The van der Waals surface area contributed by atoms with Crippen molar-refractivity contribution in [3.63, 3.8) is 0 Å². The van der Waals surface area contributed by atoms with Crippen LogP contribution < -0.4 is 4.72 Å². The molecule has 0 aliphatic carbocycles. The normalized spacial score (nSPS) is 18.8. The van der Waals surface area contributed by atoms with Crippen LogP contribution in [0.25, 0.3) is 11.1 Å². The topological polar surface area (TPSA) is 75.7 Å². The molecule has 3 aromatic carbocycles. The van der Waals surface area contributed by atoms with Gasteiger partial charge in [-0.05, 0) is 60.7 Å². The molecule has 3 aromatic rings. The van der Waals surface area contributed by atoms with Crippen LogP contribution in [0, 0.1) is 17.5 Å². The van der Waals surface area contributed by atoms with Gasteiger partial charge in [0.2, 0.25) is 10.0 Å². The molecular weight excluding hydrogens is 517 g/mol. The average molecular weight is 547 g/mol. The van der Waals surface area contributed by atoms with E-state index in [4.69, 9.17) is 4.74 Å². The summed E-state index contributed by atoms with van der Waals surface area (Å²) in [6.07, 6.45) is 1.72. The smallest absolute Gasteiger partial charge is 0.411 e. The van der Waals surface area contributed by atoms with Gasteiger partial charge in [-0.25, -0.2) is 31.1 Å². The van der Waals surface area contributed by atoms with Gasteiger partial charge in [0.15, 0.2) is 0 Å². The zero-order valence-electron chi connectivity index (χ0n) is 21.1. The maximum absolute atomic E-state index is 14.2. The van der Waals surface area contributed by atoms with E-state index >= 15 is 0 Å². The average Bonchev–Trinajstić information content (AvgIpc) is 2.86. The number of carbonyl (C=O) groups excluding carboxylic acids is 1. The number of ether oxygens (including phenoxy) is 1. The third-order valence-corrected chi connectivity index (χ3v) is 7.60. The minimum atomic E-state index is -3.36. The monoisotopic (exact) mass is 546 g/mol. The predicted octanol–water partition coefficient (Wildman–Crippen LogP) is 5.90. The van der Waals surface area contributed by atoms with Gasteiger partial charge in [-0.2, -0.15) is 0 Å². The van der Waals surface area contributed by atoms with Crippen LogP contribution in [0.2, 0.25) is 0 Å². The molecule has 2 atom stereocenters. The first kappa shape index (κ1) is 27.7. The molecule has 38 heavy (non-hydrogen) atoms. The third kappa shape index (κ3) is 6.36. The summed E-state index contributed by atoms with van der Waals surface area (Å²) in [5.41, 5.74) is 1.28. The maximum Gasteiger partial charge on any atom is 0.411 e. The Morgan fingerprint density at radius 2 is 1.66 bits per heavy atom. The molecule has 1 aliphatic rings. The number of rotatable bonds is 9. The van der Waals surface area contributed by atoms with E-state index in [0.717, 1.165) is 17.9 Å². The Balaban J connectivity index is 1.50. The van der Waals surface area contributed by atoms with Crippen molar-refractivity contribution < 1.29 is 31.1 Å². The van der Waals surface area contributed by atoms with Gasteiger partial charge in [-0.15, -0.1) is 0 Å². The molecular formula is C28H29F3N2O4S. The molecule has 1 amide bonds. The highest BCUT2D eigenvalue weighted by Gasteiger charge is 2.43. The van der Waals surface area contributed by atoms with Crippen molar-refractivity contribution in [2.75, 3.05) is 19.3 Å². The van der Waals surface area contributed by atoms with Crippen LogP contribution in [0.3, 0.4) is 0 Å². The Bertz CT molecular complexity index is 1400. The Kier molecular flexibility index (Phi) is 8.13. The number of nitrogens with one attached hydrogen (secondary N) is 1. The Labute approximate surface area is 220 Å². The zero-order valence-corrected chi connectivity index (χ0v) is 21.9. The lowest BCUT2D eigenvalue weighted by Crippen LogP contribution is -2.49. The van der Waals surface area contributed by atoms with Gasteiger partial charge >= 0.3 is 6.09 Å². The highest BCUT2D eigenvalue weighted by atomic mass is 32.2. The summed E-state index contributed by atoms with van der Waals surface area (Å²) in [5, 5.41) is 0. The second kappa shape index (κ2) is 11.2. The van der Waals surface area contributed by atoms with E-state index in [9.17, 15) is 26.4 Å². The van der Waals surface area contributed by atoms with Crippen molar-refractivity contribution in [2.45, 2.75) is 37.8 Å². The molecule has 202 valence electrons. The molecule has 10 heteroatoms. The van der Waals surface area contributed by atoms with Crippen LogP contribution in [0.15, 0.2) is 66.7 Å². The fourth-order valence-corrected chi connectivity index (χ4v) is 5.29. The summed E-state index contributed by atoms with van der Waals surface area (Å²) >= 11 is 0. The van der Waals surface area contributed by atoms with Gasteiger partial charge in [0.25, 0.3) is 0 Å². The molecule has 0 spiro atoms. The van der Waals surface area contributed by atoms with Crippen LogP contribution in [-0.2, 0) is 20.4 Å². The summed E-state index contributed by atoms with van der Waals surface area (Å²) in [6.45, 7) is 2.39. The van der Waals surface area contributed by atoms with Gasteiger partial charge in [-0.1, -0.05) is 36.4 Å². The largest absolute Gasteiger partial charge is 0.438 e. The first-order valence-electron chi connectivity index (χ1n) is 12.2. The lowest BCUT2D eigenvalue weighted by molar-refractivity contribution is -0.0662. The lowest BCUT2D eigenvalue weighted by atomic mass is 9.84. The molecule has 6 nitrogen and oxygen atoms in total. The minimum absolute atomic E-state index is 0.181. The van der Waals surface area contributed by atoms with Crippen molar-refractivity contribution in [1.29, 1.82) is 0 Å². The van der Waals surface area contributed by atoms with Crippen molar-refractivity contribution in [2.24, 2.45) is 0 Å². The SMILES string of the molecule is CC(c1ccc(-c2ccc(F)cc2F)cc1)N1CC[C@](CCCNS(C)(=O)=O)(c2ccc(F)cc2)OC1=O. The maximum atomic E-state index is 14.2. The second-order valence-electron chi connectivity index (χ2n) is 9.50. The molecule has 1 aliphatic heterocycles. The third-order valence-electron chi connectivity index (χ3n) is 6.87. The quantitative estimate of drug-likeness (QED) is 0.339. The number of benzene rings is 3. The fraction of sp³-hybridized carbons (Fsp3) is 0.321. The van der Waals surface area contributed by atoms with E-state index in [2.05, 4.69) is 4.72 Å². The second-order valence-corrected chi connectivity index (χ2v) is 11.3. The minimum Gasteiger partial charge on any atom is -0.438 e. The Morgan fingerprint density at radius 3 is 2.26 bits per heavy atom. The summed E-state index contributed by atoms with van der Waals surface area (Å²) in [4.78, 5) is 14.8. The number of carbonyl (C=O) groups is 1. The molecule has 1 N–H and O–H groups in total. The number of hydrogen-bond acceptors (Lipinski definition) is 4. The number of nitrogens with zero attached hydrogens (tertiary/aromatic N) is 1. The van der Waals surface area contributed by atoms with Crippen LogP contribution in [-0.4, -0.2) is 38.8 Å². The van der Waals surface area contributed by atoms with E-state index in [0.29, 0.717) is 36.9 Å². The number of halogens is 3. The van der Waals surface area contributed by atoms with Crippen molar-refractivity contribution in [3.05, 3.63) is 95.3 Å². The summed E-state index contributed by atoms with van der Waals surface area (Å²) < 4.78 is 72.3. The van der Waals surface area contributed by atoms with E-state index in [1.165, 1.54) is 24.3 Å². The Morgan fingerprint density at radius 1 is 1.00 bits per heavy atom. The summed E-state index contributed by atoms with van der Waals surface area (Å²) in [5.74, 6) is -1.72.